The molecule has 0 radical (unpaired) electrons. The topological polar surface area (TPSA) is 64.1 Å². The maximum Gasteiger partial charge on any atom is 0.191 e. The number of guanidine groups is 1. The van der Waals surface area contributed by atoms with E-state index in [0.29, 0.717) is 19.3 Å². The van der Waals surface area contributed by atoms with Gasteiger partial charge in [0.05, 0.1) is 25.9 Å². The van der Waals surface area contributed by atoms with Crippen LogP contribution in [0.4, 0.5) is 0 Å². The summed E-state index contributed by atoms with van der Waals surface area (Å²) in [6.07, 6.45) is 2.26. The molecule has 1 atom stereocenters. The van der Waals surface area contributed by atoms with E-state index in [9.17, 15) is 0 Å². The molecule has 1 saturated heterocycles. The van der Waals surface area contributed by atoms with Crippen LogP contribution in [-0.2, 0) is 22.6 Å². The van der Waals surface area contributed by atoms with Crippen molar-refractivity contribution in [2.24, 2.45) is 4.99 Å². The minimum atomic E-state index is 0.0558. The van der Waals surface area contributed by atoms with E-state index in [1.807, 2.05) is 6.07 Å². The van der Waals surface area contributed by atoms with Crippen molar-refractivity contribution in [3.05, 3.63) is 64.7 Å². The van der Waals surface area contributed by atoms with Gasteiger partial charge in [-0.15, -0.1) is 0 Å². The first kappa shape index (κ1) is 23.1. The third-order valence-corrected chi connectivity index (χ3v) is 5.53. The van der Waals surface area contributed by atoms with Gasteiger partial charge in [0.1, 0.15) is 5.75 Å². The van der Waals surface area contributed by atoms with E-state index in [0.717, 1.165) is 43.3 Å². The van der Waals surface area contributed by atoms with Crippen LogP contribution in [0, 0.1) is 6.92 Å². The molecule has 6 heteroatoms. The third kappa shape index (κ3) is 6.97. The first-order valence-corrected chi connectivity index (χ1v) is 11.0. The Bertz CT molecular complexity index is 863. The van der Waals surface area contributed by atoms with E-state index in [4.69, 9.17) is 14.2 Å². The Hall–Kier alpha value is -2.57. The maximum absolute atomic E-state index is 6.06. The van der Waals surface area contributed by atoms with Crippen molar-refractivity contribution in [1.82, 2.24) is 10.6 Å². The molecular formula is C25H35N3O3. The van der Waals surface area contributed by atoms with Crippen LogP contribution in [0.5, 0.6) is 5.75 Å². The Balaban J connectivity index is 1.54. The van der Waals surface area contributed by atoms with E-state index in [1.54, 1.807) is 14.2 Å². The molecule has 1 heterocycles. The standard InChI is InChI=1S/C25H35N3O3/c1-18-8-9-24(29-4)23(14-18)19(2)28-25(26-3)27-16-20-6-5-7-21(15-20)17-31-22-10-12-30-13-11-22/h5-9,14-15,19,22H,10-13,16-17H2,1-4H3,(H2,26,27,28). The van der Waals surface area contributed by atoms with Gasteiger partial charge >= 0.3 is 0 Å². The zero-order valence-corrected chi connectivity index (χ0v) is 19.1. The summed E-state index contributed by atoms with van der Waals surface area (Å²) in [5.74, 6) is 1.62. The minimum absolute atomic E-state index is 0.0558. The molecule has 1 aliphatic heterocycles. The Labute approximate surface area is 186 Å². The lowest BCUT2D eigenvalue weighted by atomic mass is 10.0. The zero-order chi connectivity index (χ0) is 22.1. The van der Waals surface area contributed by atoms with Crippen molar-refractivity contribution in [3.8, 4) is 5.75 Å². The van der Waals surface area contributed by atoms with Gasteiger partial charge < -0.3 is 24.8 Å². The number of ether oxygens (including phenoxy) is 3. The fraction of sp³-hybridized carbons (Fsp3) is 0.480. The first-order valence-electron chi connectivity index (χ1n) is 11.0. The summed E-state index contributed by atoms with van der Waals surface area (Å²) in [5, 5.41) is 6.87. The lowest BCUT2D eigenvalue weighted by molar-refractivity contribution is -0.0390. The number of aryl methyl sites for hydroxylation is 1. The van der Waals surface area contributed by atoms with Crippen LogP contribution in [0.3, 0.4) is 0 Å². The summed E-state index contributed by atoms with van der Waals surface area (Å²) < 4.78 is 17.0. The average molecular weight is 426 g/mol. The third-order valence-electron chi connectivity index (χ3n) is 5.53. The molecule has 0 aliphatic carbocycles. The van der Waals surface area contributed by atoms with Crippen molar-refractivity contribution in [2.45, 2.75) is 52.0 Å². The molecule has 2 aromatic carbocycles. The fourth-order valence-electron chi connectivity index (χ4n) is 3.74. The number of nitrogens with one attached hydrogen (secondary N) is 2. The van der Waals surface area contributed by atoms with Crippen LogP contribution in [0.2, 0.25) is 0 Å². The highest BCUT2D eigenvalue weighted by atomic mass is 16.5. The van der Waals surface area contributed by atoms with Gasteiger partial charge in [-0.1, -0.05) is 42.0 Å². The molecule has 2 aromatic rings. The zero-order valence-electron chi connectivity index (χ0n) is 19.1. The number of rotatable bonds is 8. The monoisotopic (exact) mass is 425 g/mol. The molecule has 1 aliphatic rings. The molecule has 0 spiro atoms. The quantitative estimate of drug-likeness (QED) is 0.492. The van der Waals surface area contributed by atoms with Gasteiger partial charge in [-0.05, 0) is 43.9 Å². The number of methoxy groups -OCH3 is 1. The second kappa shape index (κ2) is 11.7. The first-order chi connectivity index (χ1) is 15.1. The van der Waals surface area contributed by atoms with E-state index in [2.05, 4.69) is 65.9 Å². The average Bonchev–Trinajstić information content (AvgIpc) is 2.81. The molecule has 0 aromatic heterocycles. The van der Waals surface area contributed by atoms with Crippen molar-refractivity contribution < 1.29 is 14.2 Å². The van der Waals surface area contributed by atoms with Crippen molar-refractivity contribution in [3.63, 3.8) is 0 Å². The highest BCUT2D eigenvalue weighted by Crippen LogP contribution is 2.26. The highest BCUT2D eigenvalue weighted by molar-refractivity contribution is 5.80. The number of hydrogen-bond donors (Lipinski definition) is 2. The number of hydrogen-bond acceptors (Lipinski definition) is 4. The second-order valence-corrected chi connectivity index (χ2v) is 7.98. The molecule has 168 valence electrons. The Kier molecular flexibility index (Phi) is 8.74. The summed E-state index contributed by atoms with van der Waals surface area (Å²) >= 11 is 0. The summed E-state index contributed by atoms with van der Waals surface area (Å²) in [5.41, 5.74) is 4.69. The van der Waals surface area contributed by atoms with Gasteiger partial charge in [0.15, 0.2) is 5.96 Å². The normalized spacial score (nSPS) is 16.1. The van der Waals surface area contributed by atoms with Crippen LogP contribution in [0.15, 0.2) is 47.5 Å². The van der Waals surface area contributed by atoms with Gasteiger partial charge in [0, 0.05) is 32.4 Å². The molecule has 2 N–H and O–H groups in total. The molecule has 1 unspecified atom stereocenters. The van der Waals surface area contributed by atoms with E-state index in [1.165, 1.54) is 16.7 Å². The summed E-state index contributed by atoms with van der Waals surface area (Å²) in [6, 6.07) is 14.8. The summed E-state index contributed by atoms with van der Waals surface area (Å²) in [4.78, 5) is 4.38. The number of aliphatic imine (C=N–C) groups is 1. The molecule has 31 heavy (non-hydrogen) atoms. The molecule has 0 saturated carbocycles. The smallest absolute Gasteiger partial charge is 0.191 e. The number of benzene rings is 2. The van der Waals surface area contributed by atoms with Gasteiger partial charge in [-0.25, -0.2) is 0 Å². The Morgan fingerprint density at radius 3 is 2.68 bits per heavy atom. The molecule has 1 fully saturated rings. The maximum atomic E-state index is 6.06. The molecule has 3 rings (SSSR count). The van der Waals surface area contributed by atoms with Crippen LogP contribution in [-0.4, -0.2) is 39.4 Å². The summed E-state index contributed by atoms with van der Waals surface area (Å²) in [7, 11) is 3.49. The fourth-order valence-corrected chi connectivity index (χ4v) is 3.74. The van der Waals surface area contributed by atoms with Crippen LogP contribution in [0.1, 0.15) is 48.1 Å². The second-order valence-electron chi connectivity index (χ2n) is 7.98. The van der Waals surface area contributed by atoms with Gasteiger partial charge in [0.25, 0.3) is 0 Å². The van der Waals surface area contributed by atoms with Gasteiger partial charge in [-0.2, -0.15) is 0 Å². The van der Waals surface area contributed by atoms with Crippen molar-refractivity contribution >= 4 is 5.96 Å². The predicted octanol–water partition coefficient (Wildman–Crippen LogP) is 4.13. The van der Waals surface area contributed by atoms with E-state index >= 15 is 0 Å². The largest absolute Gasteiger partial charge is 0.496 e. The van der Waals surface area contributed by atoms with E-state index in [-0.39, 0.29) is 6.04 Å². The van der Waals surface area contributed by atoms with Crippen molar-refractivity contribution in [1.29, 1.82) is 0 Å². The predicted molar refractivity (Wildman–Crippen MR) is 125 cm³/mol. The van der Waals surface area contributed by atoms with Crippen LogP contribution < -0.4 is 15.4 Å². The highest BCUT2D eigenvalue weighted by Gasteiger charge is 2.15. The Morgan fingerprint density at radius 1 is 1.16 bits per heavy atom. The molecular weight excluding hydrogens is 390 g/mol. The van der Waals surface area contributed by atoms with Gasteiger partial charge in [0.2, 0.25) is 0 Å². The van der Waals surface area contributed by atoms with Crippen molar-refractivity contribution in [2.75, 3.05) is 27.4 Å². The number of nitrogens with zero attached hydrogens (tertiary/aromatic N) is 1. The molecule has 6 nitrogen and oxygen atoms in total. The minimum Gasteiger partial charge on any atom is -0.496 e. The lowest BCUT2D eigenvalue weighted by Gasteiger charge is -2.22. The lowest BCUT2D eigenvalue weighted by Crippen LogP contribution is -2.38. The van der Waals surface area contributed by atoms with Gasteiger partial charge in [-0.3, -0.25) is 4.99 Å². The summed E-state index contributed by atoms with van der Waals surface area (Å²) in [6.45, 7) is 7.11. The SMILES string of the molecule is CN=C(NCc1cccc(COC2CCOCC2)c1)NC(C)c1cc(C)ccc1OC. The molecule has 0 amide bonds. The van der Waals surface area contributed by atoms with Crippen LogP contribution in [0.25, 0.3) is 0 Å². The van der Waals surface area contributed by atoms with E-state index < -0.39 is 0 Å². The van der Waals surface area contributed by atoms with Crippen LogP contribution >= 0.6 is 0 Å². The molecule has 0 bridgehead atoms. The Morgan fingerprint density at radius 2 is 1.94 bits per heavy atom.